The quantitative estimate of drug-likeness (QED) is 0.868. The minimum absolute atomic E-state index is 0.0988. The molecule has 1 aromatic rings. The van der Waals surface area contributed by atoms with E-state index in [2.05, 4.69) is 5.32 Å². The first kappa shape index (κ1) is 17.4. The van der Waals surface area contributed by atoms with E-state index in [0.29, 0.717) is 5.56 Å². The minimum atomic E-state index is -1.09. The predicted octanol–water partition coefficient (Wildman–Crippen LogP) is 1.77. The molecule has 2 atom stereocenters. The maximum atomic E-state index is 13.1. The van der Waals surface area contributed by atoms with Gasteiger partial charge in [0.25, 0.3) is 0 Å². The highest BCUT2D eigenvalue weighted by atomic mass is 19.1. The molecule has 2 rings (SSSR count). The maximum Gasteiger partial charge on any atom is 0.244 e. The highest BCUT2D eigenvalue weighted by molar-refractivity contribution is 5.87. The number of carbonyl (C=O) groups is 2. The van der Waals surface area contributed by atoms with E-state index in [1.54, 1.807) is 17.9 Å². The molecular weight excluding hydrogens is 299 g/mol. The van der Waals surface area contributed by atoms with Crippen LogP contribution in [0, 0.1) is 5.82 Å². The lowest BCUT2D eigenvalue weighted by Gasteiger charge is -2.29. The van der Waals surface area contributed by atoms with E-state index in [0.717, 1.165) is 32.4 Å². The third kappa shape index (κ3) is 5.03. The van der Waals surface area contributed by atoms with Gasteiger partial charge in [-0.25, -0.2) is 4.39 Å². The highest BCUT2D eigenvalue weighted by Gasteiger charge is 2.24. The van der Waals surface area contributed by atoms with Crippen LogP contribution in [-0.2, 0) is 9.59 Å². The zero-order valence-electron chi connectivity index (χ0n) is 13.3. The molecule has 0 aromatic heterocycles. The Morgan fingerprint density at radius 1 is 1.30 bits per heavy atom. The molecule has 1 heterocycles. The van der Waals surface area contributed by atoms with Gasteiger partial charge >= 0.3 is 0 Å². The SMILES string of the molecule is C[C@H](NC(=O)CC(O)c1cccc(F)c1)C(=O)N1CCCCC1. The number of benzene rings is 1. The van der Waals surface area contributed by atoms with Gasteiger partial charge in [-0.15, -0.1) is 0 Å². The van der Waals surface area contributed by atoms with Gasteiger partial charge in [-0.3, -0.25) is 9.59 Å². The van der Waals surface area contributed by atoms with Crippen molar-refractivity contribution in [2.24, 2.45) is 0 Å². The Labute approximate surface area is 135 Å². The van der Waals surface area contributed by atoms with Crippen molar-refractivity contribution in [3.05, 3.63) is 35.6 Å². The number of nitrogens with one attached hydrogen (secondary N) is 1. The van der Waals surface area contributed by atoms with Gasteiger partial charge in [0, 0.05) is 13.1 Å². The number of carbonyl (C=O) groups excluding carboxylic acids is 2. The second-order valence-corrected chi connectivity index (χ2v) is 5.95. The molecule has 5 nitrogen and oxygen atoms in total. The first-order valence-electron chi connectivity index (χ1n) is 7.99. The molecule has 1 unspecified atom stereocenters. The van der Waals surface area contributed by atoms with E-state index in [9.17, 15) is 19.1 Å². The Hall–Kier alpha value is -1.95. The van der Waals surface area contributed by atoms with Gasteiger partial charge in [-0.05, 0) is 43.9 Å². The normalized spacial score (nSPS) is 17.4. The monoisotopic (exact) mass is 322 g/mol. The molecule has 126 valence electrons. The van der Waals surface area contributed by atoms with Crippen LogP contribution in [0.15, 0.2) is 24.3 Å². The molecule has 1 saturated heterocycles. The Balaban J connectivity index is 1.84. The van der Waals surface area contributed by atoms with Crippen molar-refractivity contribution < 1.29 is 19.1 Å². The average molecular weight is 322 g/mol. The number of likely N-dealkylation sites (tertiary alicyclic amines) is 1. The van der Waals surface area contributed by atoms with E-state index in [1.165, 1.54) is 18.2 Å². The molecule has 1 fully saturated rings. The van der Waals surface area contributed by atoms with Crippen molar-refractivity contribution >= 4 is 11.8 Å². The number of amides is 2. The number of rotatable bonds is 5. The molecule has 0 spiro atoms. The van der Waals surface area contributed by atoms with Gasteiger partial charge < -0.3 is 15.3 Å². The van der Waals surface area contributed by atoms with Crippen LogP contribution < -0.4 is 5.32 Å². The molecule has 0 bridgehead atoms. The number of hydrogen-bond donors (Lipinski definition) is 2. The number of aliphatic hydroxyl groups is 1. The fourth-order valence-electron chi connectivity index (χ4n) is 2.76. The van der Waals surface area contributed by atoms with Gasteiger partial charge in [0.05, 0.1) is 12.5 Å². The second-order valence-electron chi connectivity index (χ2n) is 5.95. The summed E-state index contributed by atoms with van der Waals surface area (Å²) in [5, 5.41) is 12.6. The zero-order valence-corrected chi connectivity index (χ0v) is 13.3. The third-order valence-corrected chi connectivity index (χ3v) is 4.03. The molecule has 23 heavy (non-hydrogen) atoms. The van der Waals surface area contributed by atoms with Gasteiger partial charge in [-0.1, -0.05) is 12.1 Å². The van der Waals surface area contributed by atoms with Crippen LogP contribution in [0.25, 0.3) is 0 Å². The summed E-state index contributed by atoms with van der Waals surface area (Å²) in [4.78, 5) is 26.0. The van der Waals surface area contributed by atoms with Crippen molar-refractivity contribution in [2.75, 3.05) is 13.1 Å². The summed E-state index contributed by atoms with van der Waals surface area (Å²) in [5.41, 5.74) is 0.343. The third-order valence-electron chi connectivity index (χ3n) is 4.03. The molecule has 2 N–H and O–H groups in total. The maximum absolute atomic E-state index is 13.1. The predicted molar refractivity (Wildman–Crippen MR) is 84.0 cm³/mol. The van der Waals surface area contributed by atoms with Crippen LogP contribution in [0.3, 0.4) is 0 Å². The van der Waals surface area contributed by atoms with Crippen molar-refractivity contribution in [1.29, 1.82) is 0 Å². The van der Waals surface area contributed by atoms with Crippen molar-refractivity contribution in [1.82, 2.24) is 10.2 Å². The highest BCUT2D eigenvalue weighted by Crippen LogP contribution is 2.17. The number of aliphatic hydroxyl groups excluding tert-OH is 1. The number of nitrogens with zero attached hydrogens (tertiary/aromatic N) is 1. The minimum Gasteiger partial charge on any atom is -0.388 e. The number of piperidine rings is 1. The number of halogens is 1. The fourth-order valence-corrected chi connectivity index (χ4v) is 2.76. The molecule has 1 aliphatic heterocycles. The van der Waals surface area contributed by atoms with E-state index in [1.807, 2.05) is 0 Å². The van der Waals surface area contributed by atoms with Crippen molar-refractivity contribution in [3.63, 3.8) is 0 Å². The van der Waals surface area contributed by atoms with E-state index in [4.69, 9.17) is 0 Å². The molecule has 2 amide bonds. The van der Waals surface area contributed by atoms with Gasteiger partial charge in [0.15, 0.2) is 0 Å². The first-order chi connectivity index (χ1) is 11.0. The van der Waals surface area contributed by atoms with Crippen molar-refractivity contribution in [2.45, 2.75) is 44.8 Å². The molecule has 6 heteroatoms. The van der Waals surface area contributed by atoms with E-state index in [-0.39, 0.29) is 12.3 Å². The lowest BCUT2D eigenvalue weighted by atomic mass is 10.1. The first-order valence-corrected chi connectivity index (χ1v) is 7.99. The lowest BCUT2D eigenvalue weighted by Crippen LogP contribution is -2.48. The Bertz CT molecular complexity index is 559. The summed E-state index contributed by atoms with van der Waals surface area (Å²) in [6.07, 6.45) is 1.81. The lowest BCUT2D eigenvalue weighted by molar-refractivity contribution is -0.137. The van der Waals surface area contributed by atoms with Crippen LogP contribution in [0.5, 0.6) is 0 Å². The summed E-state index contributed by atoms with van der Waals surface area (Å²) in [7, 11) is 0. The Morgan fingerprint density at radius 3 is 2.65 bits per heavy atom. The summed E-state index contributed by atoms with van der Waals surface area (Å²) in [6, 6.07) is 4.88. The summed E-state index contributed by atoms with van der Waals surface area (Å²) in [6.45, 7) is 3.10. The van der Waals surface area contributed by atoms with Crippen LogP contribution in [0.2, 0.25) is 0 Å². The summed E-state index contributed by atoms with van der Waals surface area (Å²) >= 11 is 0. The largest absolute Gasteiger partial charge is 0.388 e. The number of hydrogen-bond acceptors (Lipinski definition) is 3. The van der Waals surface area contributed by atoms with Gasteiger partial charge in [0.1, 0.15) is 11.9 Å². The molecular formula is C17H23FN2O3. The summed E-state index contributed by atoms with van der Waals surface area (Å²) in [5.74, 6) is -0.992. The van der Waals surface area contributed by atoms with Crippen LogP contribution in [-0.4, -0.2) is 41.0 Å². The van der Waals surface area contributed by atoms with Gasteiger partial charge in [-0.2, -0.15) is 0 Å². The van der Waals surface area contributed by atoms with Crippen LogP contribution in [0.1, 0.15) is 44.3 Å². The van der Waals surface area contributed by atoms with Crippen LogP contribution >= 0.6 is 0 Å². The zero-order chi connectivity index (χ0) is 16.8. The summed E-state index contributed by atoms with van der Waals surface area (Å²) < 4.78 is 13.1. The van der Waals surface area contributed by atoms with Crippen molar-refractivity contribution in [3.8, 4) is 0 Å². The van der Waals surface area contributed by atoms with Crippen LogP contribution in [0.4, 0.5) is 4.39 Å². The second kappa shape index (κ2) is 8.06. The van der Waals surface area contributed by atoms with Gasteiger partial charge in [0.2, 0.25) is 11.8 Å². The molecule has 0 saturated carbocycles. The van der Waals surface area contributed by atoms with E-state index >= 15 is 0 Å². The molecule has 1 aromatic carbocycles. The standard InChI is InChI=1S/C17H23FN2O3/c1-12(17(23)20-8-3-2-4-9-20)19-16(22)11-15(21)13-6-5-7-14(18)10-13/h5-7,10,12,15,21H,2-4,8-9,11H2,1H3,(H,19,22)/t12-,15?/m0/s1. The Kier molecular flexibility index (Phi) is 6.10. The molecule has 0 aliphatic carbocycles. The van der Waals surface area contributed by atoms with E-state index < -0.39 is 23.9 Å². The molecule has 0 radical (unpaired) electrons. The average Bonchev–Trinajstić information content (AvgIpc) is 2.54. The molecule has 1 aliphatic rings. The smallest absolute Gasteiger partial charge is 0.244 e. The topological polar surface area (TPSA) is 69.6 Å². The Morgan fingerprint density at radius 2 is 2.00 bits per heavy atom. The fraction of sp³-hybridized carbons (Fsp3) is 0.529.